The molecule has 6 heteroatoms. The normalized spacial score (nSPS) is 10.6. The molecule has 1 aromatic rings. The first-order chi connectivity index (χ1) is 6.61. The van der Waals surface area contributed by atoms with Gasteiger partial charge in [-0.2, -0.15) is 0 Å². The minimum absolute atomic E-state index is 0.0186. The molecule has 0 aliphatic heterocycles. The molecule has 0 saturated heterocycles. The Hall–Kier alpha value is -1.43. The topological polar surface area (TPSA) is 68.1 Å². The zero-order valence-electron chi connectivity index (χ0n) is 7.51. The quantitative estimate of drug-likeness (QED) is 0.764. The molecule has 1 heterocycles. The van der Waals surface area contributed by atoms with Crippen molar-refractivity contribution in [2.45, 2.75) is 13.0 Å². The molecular weight excluding hydrogens is 194 g/mol. The Labute approximate surface area is 78.7 Å². The van der Waals surface area contributed by atoms with Crippen LogP contribution >= 0.6 is 0 Å². The summed E-state index contributed by atoms with van der Waals surface area (Å²) in [6.45, 7) is -0.0186. The number of rotatable bonds is 3. The second kappa shape index (κ2) is 4.19. The van der Waals surface area contributed by atoms with Crippen molar-refractivity contribution in [2.24, 2.45) is 5.73 Å². The molecule has 0 fully saturated rings. The van der Waals surface area contributed by atoms with Crippen molar-refractivity contribution in [3.63, 3.8) is 0 Å². The fraction of sp³-hybridized carbons (Fsp3) is 0.375. The van der Waals surface area contributed by atoms with Gasteiger partial charge >= 0.3 is 0 Å². The van der Waals surface area contributed by atoms with Crippen LogP contribution in [-0.4, -0.2) is 12.1 Å². The van der Waals surface area contributed by atoms with Crippen molar-refractivity contribution in [1.82, 2.24) is 4.98 Å². The highest BCUT2D eigenvalue weighted by molar-refractivity contribution is 5.32. The standard InChI is InChI=1S/C8H10F2N2O2/c1-14-7-5(8(9)10)12-3-4(2-11)6(7)13/h3,8H,2,11H2,1H3,(H,12,13). The fourth-order valence-corrected chi connectivity index (χ4v) is 1.08. The van der Waals surface area contributed by atoms with Gasteiger partial charge in [-0.25, -0.2) is 8.78 Å². The molecule has 1 rings (SSSR count). The number of aromatic nitrogens is 1. The first-order valence-electron chi connectivity index (χ1n) is 3.88. The third-order valence-corrected chi connectivity index (χ3v) is 1.79. The Balaban J connectivity index is 3.36. The Morgan fingerprint density at radius 1 is 1.64 bits per heavy atom. The average molecular weight is 204 g/mol. The summed E-state index contributed by atoms with van der Waals surface area (Å²) in [5.74, 6) is -0.372. The Kier molecular flexibility index (Phi) is 3.19. The lowest BCUT2D eigenvalue weighted by Crippen LogP contribution is -2.18. The summed E-state index contributed by atoms with van der Waals surface area (Å²) in [6.07, 6.45) is -1.60. The molecule has 0 unspecified atom stereocenters. The maximum absolute atomic E-state index is 12.3. The molecule has 0 saturated carbocycles. The number of pyridine rings is 1. The Morgan fingerprint density at radius 3 is 2.71 bits per heavy atom. The summed E-state index contributed by atoms with van der Waals surface area (Å²) in [4.78, 5) is 13.7. The van der Waals surface area contributed by atoms with E-state index in [4.69, 9.17) is 5.73 Å². The van der Waals surface area contributed by atoms with E-state index in [9.17, 15) is 13.6 Å². The minimum atomic E-state index is -2.77. The van der Waals surface area contributed by atoms with Gasteiger partial charge < -0.3 is 15.5 Å². The molecule has 0 aliphatic rings. The summed E-state index contributed by atoms with van der Waals surface area (Å²) in [5, 5.41) is 0. The first kappa shape index (κ1) is 10.6. The Morgan fingerprint density at radius 2 is 2.29 bits per heavy atom. The highest BCUT2D eigenvalue weighted by Crippen LogP contribution is 2.23. The van der Waals surface area contributed by atoms with E-state index in [2.05, 4.69) is 9.72 Å². The number of ether oxygens (including phenoxy) is 1. The van der Waals surface area contributed by atoms with Crippen LogP contribution in [0.15, 0.2) is 11.0 Å². The van der Waals surface area contributed by atoms with Crippen molar-refractivity contribution in [1.29, 1.82) is 0 Å². The van der Waals surface area contributed by atoms with Crippen LogP contribution in [0.2, 0.25) is 0 Å². The number of hydrogen-bond donors (Lipinski definition) is 2. The second-order valence-electron chi connectivity index (χ2n) is 2.59. The van der Waals surface area contributed by atoms with E-state index in [1.807, 2.05) is 0 Å². The van der Waals surface area contributed by atoms with Gasteiger partial charge in [0.15, 0.2) is 5.75 Å². The van der Waals surface area contributed by atoms with E-state index in [0.717, 1.165) is 7.11 Å². The molecule has 0 aromatic carbocycles. The van der Waals surface area contributed by atoms with Crippen molar-refractivity contribution in [3.8, 4) is 5.75 Å². The van der Waals surface area contributed by atoms with E-state index in [1.165, 1.54) is 6.20 Å². The molecule has 1 aromatic heterocycles. The lowest BCUT2D eigenvalue weighted by atomic mass is 10.2. The van der Waals surface area contributed by atoms with Crippen LogP contribution in [0.5, 0.6) is 5.75 Å². The number of nitrogens with two attached hydrogens (primary N) is 1. The number of hydrogen-bond acceptors (Lipinski definition) is 3. The van der Waals surface area contributed by atoms with Crippen LogP contribution in [0.1, 0.15) is 17.7 Å². The van der Waals surface area contributed by atoms with Crippen LogP contribution in [0.4, 0.5) is 8.78 Å². The van der Waals surface area contributed by atoms with Gasteiger partial charge in [0.1, 0.15) is 5.69 Å². The maximum Gasteiger partial charge on any atom is 0.282 e. The highest BCUT2D eigenvalue weighted by Gasteiger charge is 2.18. The smallest absolute Gasteiger partial charge is 0.282 e. The van der Waals surface area contributed by atoms with Gasteiger partial charge in [0.25, 0.3) is 6.43 Å². The summed E-state index contributed by atoms with van der Waals surface area (Å²) < 4.78 is 29.3. The van der Waals surface area contributed by atoms with Crippen LogP contribution in [0.3, 0.4) is 0 Å². The van der Waals surface area contributed by atoms with Gasteiger partial charge in [-0.05, 0) is 0 Å². The SMILES string of the molecule is COc1c(C(F)F)[nH]cc(CN)c1=O. The molecule has 0 bridgehead atoms. The molecule has 0 atom stereocenters. The summed E-state index contributed by atoms with van der Waals surface area (Å²) in [6, 6.07) is 0. The van der Waals surface area contributed by atoms with Crippen LogP contribution in [-0.2, 0) is 6.54 Å². The third-order valence-electron chi connectivity index (χ3n) is 1.79. The lowest BCUT2D eigenvalue weighted by Gasteiger charge is -2.07. The predicted octanol–water partition coefficient (Wildman–Crippen LogP) is 0.780. The number of alkyl halides is 2. The Bertz CT molecular complexity index is 376. The van der Waals surface area contributed by atoms with Crippen molar-refractivity contribution in [2.75, 3.05) is 7.11 Å². The third kappa shape index (κ3) is 1.74. The second-order valence-corrected chi connectivity index (χ2v) is 2.59. The maximum atomic E-state index is 12.3. The van der Waals surface area contributed by atoms with E-state index in [1.54, 1.807) is 0 Å². The zero-order valence-corrected chi connectivity index (χ0v) is 7.51. The van der Waals surface area contributed by atoms with Crippen molar-refractivity contribution in [3.05, 3.63) is 27.7 Å². The van der Waals surface area contributed by atoms with E-state index in [0.29, 0.717) is 0 Å². The molecule has 3 N–H and O–H groups in total. The summed E-state index contributed by atoms with van der Waals surface area (Å²) in [7, 11) is 1.16. The van der Waals surface area contributed by atoms with Gasteiger partial charge in [-0.3, -0.25) is 4.79 Å². The van der Waals surface area contributed by atoms with Gasteiger partial charge in [-0.15, -0.1) is 0 Å². The highest BCUT2D eigenvalue weighted by atomic mass is 19.3. The van der Waals surface area contributed by atoms with E-state index < -0.39 is 17.5 Å². The molecule has 0 aliphatic carbocycles. The van der Waals surface area contributed by atoms with E-state index in [-0.39, 0.29) is 17.9 Å². The number of nitrogens with one attached hydrogen (secondary N) is 1. The summed E-state index contributed by atoms with van der Waals surface area (Å²) in [5.41, 5.74) is 4.34. The molecule has 78 valence electrons. The predicted molar refractivity (Wildman–Crippen MR) is 46.5 cm³/mol. The van der Waals surface area contributed by atoms with Crippen molar-refractivity contribution < 1.29 is 13.5 Å². The molecule has 0 spiro atoms. The molecule has 4 nitrogen and oxygen atoms in total. The van der Waals surface area contributed by atoms with Crippen LogP contribution in [0.25, 0.3) is 0 Å². The van der Waals surface area contributed by atoms with Gasteiger partial charge in [0, 0.05) is 18.3 Å². The fourth-order valence-electron chi connectivity index (χ4n) is 1.08. The molecule has 14 heavy (non-hydrogen) atoms. The molecule has 0 radical (unpaired) electrons. The number of aromatic amines is 1. The first-order valence-corrected chi connectivity index (χ1v) is 3.88. The largest absolute Gasteiger partial charge is 0.491 e. The number of halogens is 2. The van der Waals surface area contributed by atoms with Gasteiger partial charge in [0.2, 0.25) is 5.43 Å². The van der Waals surface area contributed by atoms with Gasteiger partial charge in [0.05, 0.1) is 7.11 Å². The molecular formula is C8H10F2N2O2. The monoisotopic (exact) mass is 204 g/mol. The average Bonchev–Trinajstić information content (AvgIpc) is 2.17. The van der Waals surface area contributed by atoms with Crippen molar-refractivity contribution >= 4 is 0 Å². The lowest BCUT2D eigenvalue weighted by molar-refractivity contribution is 0.141. The summed E-state index contributed by atoms with van der Waals surface area (Å²) >= 11 is 0. The minimum Gasteiger partial charge on any atom is -0.491 e. The zero-order chi connectivity index (χ0) is 10.7. The van der Waals surface area contributed by atoms with Gasteiger partial charge in [-0.1, -0.05) is 0 Å². The molecule has 0 amide bonds. The van der Waals surface area contributed by atoms with Crippen LogP contribution in [0, 0.1) is 0 Å². The number of methoxy groups -OCH3 is 1. The number of H-pyrrole nitrogens is 1. The van der Waals surface area contributed by atoms with Crippen LogP contribution < -0.4 is 15.9 Å². The van der Waals surface area contributed by atoms with E-state index >= 15 is 0 Å².